The van der Waals surface area contributed by atoms with Gasteiger partial charge in [-0.2, -0.15) is 0 Å². The maximum absolute atomic E-state index is 10.4. The molecular formula is C9H11N3O2. The van der Waals surface area contributed by atoms with Crippen LogP contribution in [-0.4, -0.2) is 39.2 Å². The molecule has 1 amide bonds. The Kier molecular flexibility index (Phi) is 3.56. The Labute approximate surface area is 82.0 Å². The smallest absolute Gasteiger partial charge is 0.407 e. The topological polar surface area (TPSA) is 58.4 Å². The Bertz CT molecular complexity index is 348. The predicted octanol–water partition coefficient (Wildman–Crippen LogP) is 0.496. The van der Waals surface area contributed by atoms with Crippen molar-refractivity contribution < 1.29 is 9.90 Å². The molecule has 1 rings (SSSR count). The van der Waals surface area contributed by atoms with Crippen LogP contribution < -0.4 is 0 Å². The van der Waals surface area contributed by atoms with Gasteiger partial charge in [0.15, 0.2) is 0 Å². The first kappa shape index (κ1) is 10.1. The van der Waals surface area contributed by atoms with Gasteiger partial charge in [0.05, 0.1) is 19.4 Å². The maximum atomic E-state index is 10.4. The second-order valence-electron chi connectivity index (χ2n) is 2.73. The molecule has 0 fully saturated rings. The third-order valence-corrected chi connectivity index (χ3v) is 1.59. The minimum atomic E-state index is -0.970. The maximum Gasteiger partial charge on any atom is 0.407 e. The summed E-state index contributed by atoms with van der Waals surface area (Å²) in [7, 11) is 1.48. The van der Waals surface area contributed by atoms with Crippen molar-refractivity contribution in [1.82, 2.24) is 14.5 Å². The van der Waals surface area contributed by atoms with Crippen molar-refractivity contribution in [3.63, 3.8) is 0 Å². The lowest BCUT2D eigenvalue weighted by Crippen LogP contribution is -2.24. The Morgan fingerprint density at radius 1 is 1.64 bits per heavy atom. The Balaban J connectivity index is 2.31. The van der Waals surface area contributed by atoms with E-state index in [1.165, 1.54) is 7.05 Å². The molecule has 0 aliphatic heterocycles. The van der Waals surface area contributed by atoms with Crippen LogP contribution in [-0.2, 0) is 6.54 Å². The standard InChI is InChI=1S/C9H11N3O2/c1-11(9(13)14)5-2-3-6-12-7-4-10-8-12/h4,7-8H,5-6H2,1H3,(H,13,14). The van der Waals surface area contributed by atoms with Gasteiger partial charge in [0.1, 0.15) is 0 Å². The van der Waals surface area contributed by atoms with Crippen LogP contribution in [0.3, 0.4) is 0 Å². The van der Waals surface area contributed by atoms with E-state index in [4.69, 9.17) is 5.11 Å². The molecule has 1 aromatic heterocycles. The van der Waals surface area contributed by atoms with Gasteiger partial charge >= 0.3 is 6.09 Å². The van der Waals surface area contributed by atoms with Gasteiger partial charge in [0, 0.05) is 19.4 Å². The molecule has 0 aliphatic rings. The van der Waals surface area contributed by atoms with E-state index < -0.39 is 6.09 Å². The molecule has 0 unspecified atom stereocenters. The number of nitrogens with zero attached hydrogens (tertiary/aromatic N) is 3. The van der Waals surface area contributed by atoms with Gasteiger partial charge in [-0.1, -0.05) is 11.8 Å². The summed E-state index contributed by atoms with van der Waals surface area (Å²) in [5.41, 5.74) is 0. The summed E-state index contributed by atoms with van der Waals surface area (Å²) in [4.78, 5) is 15.3. The van der Waals surface area contributed by atoms with Gasteiger partial charge in [0.25, 0.3) is 0 Å². The van der Waals surface area contributed by atoms with Crippen LogP contribution in [0.5, 0.6) is 0 Å². The molecule has 0 saturated carbocycles. The fraction of sp³-hybridized carbons (Fsp3) is 0.333. The molecule has 0 bridgehead atoms. The highest BCUT2D eigenvalue weighted by atomic mass is 16.4. The molecule has 1 aromatic rings. The molecule has 5 nitrogen and oxygen atoms in total. The molecule has 0 radical (unpaired) electrons. The van der Waals surface area contributed by atoms with Crippen LogP contribution in [0.25, 0.3) is 0 Å². The van der Waals surface area contributed by atoms with Crippen molar-refractivity contribution in [1.29, 1.82) is 0 Å². The molecule has 0 aliphatic carbocycles. The van der Waals surface area contributed by atoms with Crippen LogP contribution in [0.1, 0.15) is 0 Å². The van der Waals surface area contributed by atoms with E-state index in [1.807, 2.05) is 4.57 Å². The van der Waals surface area contributed by atoms with E-state index in [-0.39, 0.29) is 6.54 Å². The summed E-state index contributed by atoms with van der Waals surface area (Å²) >= 11 is 0. The van der Waals surface area contributed by atoms with Gasteiger partial charge in [-0.25, -0.2) is 9.78 Å². The van der Waals surface area contributed by atoms with Crippen LogP contribution in [0.4, 0.5) is 4.79 Å². The summed E-state index contributed by atoms with van der Waals surface area (Å²) in [6.07, 6.45) is 4.16. The molecule has 0 atom stereocenters. The second kappa shape index (κ2) is 4.92. The Morgan fingerprint density at radius 3 is 3.00 bits per heavy atom. The SMILES string of the molecule is CN(CC#CCn1ccnc1)C(=O)O. The van der Waals surface area contributed by atoms with E-state index in [0.29, 0.717) is 6.54 Å². The zero-order valence-electron chi connectivity index (χ0n) is 7.84. The average molecular weight is 193 g/mol. The van der Waals surface area contributed by atoms with Gasteiger partial charge in [-0.3, -0.25) is 0 Å². The Hall–Kier alpha value is -1.96. The summed E-state index contributed by atoms with van der Waals surface area (Å²) in [6.45, 7) is 0.761. The first-order valence-corrected chi connectivity index (χ1v) is 4.05. The van der Waals surface area contributed by atoms with Crippen molar-refractivity contribution in [2.45, 2.75) is 6.54 Å². The molecule has 14 heavy (non-hydrogen) atoms. The normalized spacial score (nSPS) is 8.93. The molecule has 5 heteroatoms. The average Bonchev–Trinajstić information content (AvgIpc) is 2.64. The van der Waals surface area contributed by atoms with Gasteiger partial charge in [-0.15, -0.1) is 0 Å². The van der Waals surface area contributed by atoms with Crippen molar-refractivity contribution >= 4 is 6.09 Å². The highest BCUT2D eigenvalue weighted by Crippen LogP contribution is 1.84. The number of hydrogen-bond acceptors (Lipinski definition) is 2. The highest BCUT2D eigenvalue weighted by Gasteiger charge is 2.00. The minimum Gasteiger partial charge on any atom is -0.465 e. The first-order valence-electron chi connectivity index (χ1n) is 4.05. The fourth-order valence-corrected chi connectivity index (χ4v) is 0.770. The van der Waals surface area contributed by atoms with E-state index >= 15 is 0 Å². The molecular weight excluding hydrogens is 182 g/mol. The second-order valence-corrected chi connectivity index (χ2v) is 2.73. The van der Waals surface area contributed by atoms with E-state index in [1.54, 1.807) is 18.7 Å². The van der Waals surface area contributed by atoms with Crippen LogP contribution >= 0.6 is 0 Å². The molecule has 74 valence electrons. The van der Waals surface area contributed by atoms with Crippen LogP contribution in [0.2, 0.25) is 0 Å². The molecule has 0 saturated heterocycles. The summed E-state index contributed by atoms with van der Waals surface area (Å²) in [5, 5.41) is 8.51. The summed E-state index contributed by atoms with van der Waals surface area (Å²) in [6, 6.07) is 0. The lowest BCUT2D eigenvalue weighted by atomic mass is 10.5. The minimum absolute atomic E-state index is 0.226. The van der Waals surface area contributed by atoms with Gasteiger partial charge < -0.3 is 14.6 Å². The first-order chi connectivity index (χ1) is 6.70. The number of imidazole rings is 1. The monoisotopic (exact) mass is 193 g/mol. The van der Waals surface area contributed by atoms with E-state index in [0.717, 1.165) is 4.90 Å². The summed E-state index contributed by atoms with van der Waals surface area (Å²) in [5.74, 6) is 5.59. The van der Waals surface area contributed by atoms with Crippen molar-refractivity contribution in [2.24, 2.45) is 0 Å². The van der Waals surface area contributed by atoms with Gasteiger partial charge in [0.2, 0.25) is 0 Å². The molecule has 1 heterocycles. The number of rotatable bonds is 2. The van der Waals surface area contributed by atoms with Crippen LogP contribution in [0, 0.1) is 11.8 Å². The van der Waals surface area contributed by atoms with E-state index in [9.17, 15) is 4.79 Å². The predicted molar refractivity (Wildman–Crippen MR) is 50.7 cm³/mol. The zero-order valence-corrected chi connectivity index (χ0v) is 7.84. The number of amides is 1. The molecule has 1 N–H and O–H groups in total. The number of carbonyl (C=O) groups is 1. The quantitative estimate of drug-likeness (QED) is 0.695. The van der Waals surface area contributed by atoms with Crippen molar-refractivity contribution in [3.8, 4) is 11.8 Å². The number of carboxylic acid groups (broad SMARTS) is 1. The van der Waals surface area contributed by atoms with E-state index in [2.05, 4.69) is 16.8 Å². The Morgan fingerprint density at radius 2 is 2.43 bits per heavy atom. The summed E-state index contributed by atoms with van der Waals surface area (Å²) < 4.78 is 1.81. The lowest BCUT2D eigenvalue weighted by Gasteiger charge is -2.06. The lowest BCUT2D eigenvalue weighted by molar-refractivity contribution is 0.161. The third-order valence-electron chi connectivity index (χ3n) is 1.59. The largest absolute Gasteiger partial charge is 0.465 e. The van der Waals surface area contributed by atoms with Gasteiger partial charge in [-0.05, 0) is 0 Å². The fourth-order valence-electron chi connectivity index (χ4n) is 0.770. The van der Waals surface area contributed by atoms with Crippen molar-refractivity contribution in [2.75, 3.05) is 13.6 Å². The highest BCUT2D eigenvalue weighted by molar-refractivity contribution is 5.64. The third kappa shape index (κ3) is 3.19. The molecule has 0 aromatic carbocycles. The van der Waals surface area contributed by atoms with Crippen molar-refractivity contribution in [3.05, 3.63) is 18.7 Å². The number of aromatic nitrogens is 2. The van der Waals surface area contributed by atoms with Crippen LogP contribution in [0.15, 0.2) is 18.7 Å². The molecule has 0 spiro atoms. The number of hydrogen-bond donors (Lipinski definition) is 1. The zero-order chi connectivity index (χ0) is 10.4.